The Balaban J connectivity index is 2.02. The van der Waals surface area contributed by atoms with E-state index in [-0.39, 0.29) is 16.4 Å². The summed E-state index contributed by atoms with van der Waals surface area (Å²) in [5, 5.41) is 10.2. The minimum atomic E-state index is -4.05. The molecule has 31 heavy (non-hydrogen) atoms. The first-order chi connectivity index (χ1) is 14.8. The number of ether oxygens (including phenoxy) is 1. The zero-order valence-corrected chi connectivity index (χ0v) is 19.5. The van der Waals surface area contributed by atoms with Crippen LogP contribution in [0, 0.1) is 11.3 Å². The van der Waals surface area contributed by atoms with Crippen molar-refractivity contribution in [2.24, 2.45) is 0 Å². The summed E-state index contributed by atoms with van der Waals surface area (Å²) < 4.78 is 36.7. The Morgan fingerprint density at radius 1 is 1.13 bits per heavy atom. The van der Waals surface area contributed by atoms with Gasteiger partial charge >= 0.3 is 10.1 Å². The molecule has 0 radical (unpaired) electrons. The summed E-state index contributed by atoms with van der Waals surface area (Å²) in [6, 6.07) is 20.2. The fraction of sp³-hybridized carbons (Fsp3) is 0.0870. The predicted molar refractivity (Wildman–Crippen MR) is 125 cm³/mol. The number of hydrogen-bond donors (Lipinski definition) is 0. The highest BCUT2D eigenvalue weighted by molar-refractivity contribution is 9.10. The first kappa shape index (κ1) is 22.9. The lowest BCUT2D eigenvalue weighted by atomic mass is 10.0. The Labute approximate surface area is 194 Å². The number of rotatable bonds is 7. The molecule has 0 aliphatic heterocycles. The quantitative estimate of drug-likeness (QED) is 0.207. The van der Waals surface area contributed by atoms with Crippen molar-refractivity contribution in [3.8, 4) is 17.6 Å². The molecule has 0 aromatic heterocycles. The lowest BCUT2D eigenvalue weighted by Crippen LogP contribution is -2.11. The molecule has 0 atom stereocenters. The van der Waals surface area contributed by atoms with E-state index in [9.17, 15) is 13.7 Å². The maximum atomic E-state index is 12.7. The van der Waals surface area contributed by atoms with E-state index in [1.807, 2.05) is 0 Å². The molecule has 0 aliphatic carbocycles. The van der Waals surface area contributed by atoms with Gasteiger partial charge in [-0.2, -0.15) is 13.7 Å². The zero-order chi connectivity index (χ0) is 22.4. The van der Waals surface area contributed by atoms with Gasteiger partial charge in [-0.1, -0.05) is 41.9 Å². The van der Waals surface area contributed by atoms with Crippen LogP contribution in [-0.4, -0.2) is 15.0 Å². The normalized spacial score (nSPS) is 11.6. The third kappa shape index (κ3) is 5.67. The zero-order valence-electron chi connectivity index (χ0n) is 16.4. The van der Waals surface area contributed by atoms with Crippen LogP contribution in [0.4, 0.5) is 0 Å². The lowest BCUT2D eigenvalue weighted by molar-refractivity contribution is 0.327. The van der Waals surface area contributed by atoms with E-state index in [4.69, 9.17) is 20.5 Å². The van der Waals surface area contributed by atoms with Crippen LogP contribution in [0.15, 0.2) is 76.1 Å². The molecule has 0 bridgehead atoms. The van der Waals surface area contributed by atoms with Gasteiger partial charge in [0.2, 0.25) is 0 Å². The second kappa shape index (κ2) is 10.0. The van der Waals surface area contributed by atoms with Gasteiger partial charge in [-0.15, -0.1) is 0 Å². The highest BCUT2D eigenvalue weighted by Crippen LogP contribution is 2.39. The van der Waals surface area contributed by atoms with Crippen LogP contribution in [0.1, 0.15) is 18.1 Å². The van der Waals surface area contributed by atoms with Crippen molar-refractivity contribution < 1.29 is 17.3 Å². The average Bonchev–Trinajstić information content (AvgIpc) is 2.76. The summed E-state index contributed by atoms with van der Waals surface area (Å²) in [5.74, 6) is 0.267. The molecule has 0 spiro atoms. The molecular formula is C23H17BrClNO4S. The van der Waals surface area contributed by atoms with Crippen molar-refractivity contribution >= 4 is 49.3 Å². The van der Waals surface area contributed by atoms with E-state index >= 15 is 0 Å². The summed E-state index contributed by atoms with van der Waals surface area (Å²) in [4.78, 5) is 0.0304. The van der Waals surface area contributed by atoms with Gasteiger partial charge in [-0.05, 0) is 76.5 Å². The van der Waals surface area contributed by atoms with Crippen molar-refractivity contribution in [3.63, 3.8) is 0 Å². The van der Waals surface area contributed by atoms with E-state index in [2.05, 4.69) is 22.0 Å². The molecule has 5 nitrogen and oxygen atoms in total. The highest BCUT2D eigenvalue weighted by atomic mass is 79.9. The molecule has 3 aromatic rings. The topological polar surface area (TPSA) is 76.4 Å². The highest BCUT2D eigenvalue weighted by Gasteiger charge is 2.22. The largest absolute Gasteiger partial charge is 0.490 e. The van der Waals surface area contributed by atoms with Crippen molar-refractivity contribution in [3.05, 3.63) is 87.4 Å². The van der Waals surface area contributed by atoms with E-state index in [0.29, 0.717) is 32.8 Å². The number of benzene rings is 3. The molecule has 158 valence electrons. The molecule has 0 saturated heterocycles. The van der Waals surface area contributed by atoms with Gasteiger partial charge < -0.3 is 8.92 Å². The second-order valence-electron chi connectivity index (χ2n) is 6.29. The molecule has 0 fully saturated rings. The van der Waals surface area contributed by atoms with Gasteiger partial charge in [0.1, 0.15) is 4.90 Å². The number of hydrogen-bond acceptors (Lipinski definition) is 5. The maximum absolute atomic E-state index is 12.7. The molecule has 0 unspecified atom stereocenters. The summed E-state index contributed by atoms with van der Waals surface area (Å²) >= 11 is 9.29. The van der Waals surface area contributed by atoms with E-state index in [0.717, 1.165) is 0 Å². The first-order valence-electron chi connectivity index (χ1n) is 9.17. The molecular weight excluding hydrogens is 502 g/mol. The molecule has 3 aromatic carbocycles. The lowest BCUT2D eigenvalue weighted by Gasteiger charge is -2.14. The molecule has 3 rings (SSSR count). The van der Waals surface area contributed by atoms with Crippen LogP contribution >= 0.6 is 27.5 Å². The Hall–Kier alpha value is -2.79. The Morgan fingerprint density at radius 3 is 2.42 bits per heavy atom. The minimum Gasteiger partial charge on any atom is -0.490 e. The minimum absolute atomic E-state index is 0.0304. The Morgan fingerprint density at radius 2 is 1.81 bits per heavy atom. The molecule has 0 N–H and O–H groups in total. The van der Waals surface area contributed by atoms with Gasteiger partial charge in [-0.3, -0.25) is 0 Å². The molecule has 0 amide bonds. The SMILES string of the molecule is CCOc1cc(/C=C(\C#N)c2ccc(Cl)cc2)cc(Br)c1OS(=O)(=O)c1ccccc1. The Kier molecular flexibility index (Phi) is 7.39. The van der Waals surface area contributed by atoms with Gasteiger partial charge in [-0.25, -0.2) is 0 Å². The first-order valence-corrected chi connectivity index (χ1v) is 11.8. The number of halogens is 2. The number of allylic oxidation sites excluding steroid dienone is 1. The molecule has 0 heterocycles. The third-order valence-corrected chi connectivity index (χ3v) is 6.22. The van der Waals surface area contributed by atoms with Crippen LogP contribution in [0.5, 0.6) is 11.5 Å². The van der Waals surface area contributed by atoms with Crippen LogP contribution < -0.4 is 8.92 Å². The van der Waals surface area contributed by atoms with Gasteiger partial charge in [0, 0.05) is 5.02 Å². The summed E-state index contributed by atoms with van der Waals surface area (Å²) in [6.07, 6.45) is 1.67. The third-order valence-electron chi connectivity index (χ3n) is 4.14. The number of nitriles is 1. The fourth-order valence-electron chi connectivity index (χ4n) is 2.74. The van der Waals surface area contributed by atoms with E-state index in [1.54, 1.807) is 67.6 Å². The maximum Gasteiger partial charge on any atom is 0.339 e. The molecule has 0 saturated carbocycles. The Bertz CT molecular complexity index is 1250. The smallest absolute Gasteiger partial charge is 0.339 e. The molecule has 0 aliphatic rings. The second-order valence-corrected chi connectivity index (χ2v) is 9.13. The number of nitrogens with zero attached hydrogens (tertiary/aromatic N) is 1. The van der Waals surface area contributed by atoms with Crippen LogP contribution in [0.25, 0.3) is 11.6 Å². The summed E-state index contributed by atoms with van der Waals surface area (Å²) in [7, 11) is -4.05. The summed E-state index contributed by atoms with van der Waals surface area (Å²) in [6.45, 7) is 2.07. The van der Waals surface area contributed by atoms with Crippen molar-refractivity contribution in [1.29, 1.82) is 5.26 Å². The van der Waals surface area contributed by atoms with Crippen molar-refractivity contribution in [2.75, 3.05) is 6.61 Å². The monoisotopic (exact) mass is 517 g/mol. The molecule has 8 heteroatoms. The average molecular weight is 519 g/mol. The van der Waals surface area contributed by atoms with Gasteiger partial charge in [0.15, 0.2) is 11.5 Å². The van der Waals surface area contributed by atoms with Gasteiger partial charge in [0.05, 0.1) is 22.7 Å². The van der Waals surface area contributed by atoms with Crippen LogP contribution in [0.2, 0.25) is 5.02 Å². The van der Waals surface area contributed by atoms with Crippen LogP contribution in [-0.2, 0) is 10.1 Å². The van der Waals surface area contributed by atoms with Gasteiger partial charge in [0.25, 0.3) is 0 Å². The standard InChI is InChI=1S/C23H17BrClNO4S/c1-2-29-22-14-16(12-18(15-26)17-8-10-19(25)11-9-17)13-21(24)23(22)30-31(27,28)20-6-4-3-5-7-20/h3-14H,2H2,1H3/b18-12+. The predicted octanol–water partition coefficient (Wildman–Crippen LogP) is 6.33. The van der Waals surface area contributed by atoms with E-state index < -0.39 is 10.1 Å². The van der Waals surface area contributed by atoms with Crippen LogP contribution in [0.3, 0.4) is 0 Å². The van der Waals surface area contributed by atoms with Crippen molar-refractivity contribution in [2.45, 2.75) is 11.8 Å². The fourth-order valence-corrected chi connectivity index (χ4v) is 4.49. The summed E-state index contributed by atoms with van der Waals surface area (Å²) in [5.41, 5.74) is 1.75. The van der Waals surface area contributed by atoms with Crippen molar-refractivity contribution in [1.82, 2.24) is 0 Å². The van der Waals surface area contributed by atoms with E-state index in [1.165, 1.54) is 12.1 Å².